The number of hydrogen-bond acceptors (Lipinski definition) is 3. The quantitative estimate of drug-likeness (QED) is 0.830. The SMILES string of the molecule is COC(C)CNC(=O)c1cc(Cl)c(N)c(Cl)c1. The van der Waals surface area contributed by atoms with Crippen molar-refractivity contribution in [3.8, 4) is 0 Å². The second-order valence-corrected chi connectivity index (χ2v) is 4.42. The molecule has 0 fully saturated rings. The lowest BCUT2D eigenvalue weighted by molar-refractivity contribution is 0.0870. The fourth-order valence-electron chi connectivity index (χ4n) is 1.14. The number of hydrogen-bond donors (Lipinski definition) is 2. The smallest absolute Gasteiger partial charge is 0.251 e. The summed E-state index contributed by atoms with van der Waals surface area (Å²) >= 11 is 11.7. The van der Waals surface area contributed by atoms with E-state index in [4.69, 9.17) is 33.7 Å². The van der Waals surface area contributed by atoms with Gasteiger partial charge in [-0.25, -0.2) is 0 Å². The Labute approximate surface area is 110 Å². The molecule has 0 heterocycles. The number of anilines is 1. The first kappa shape index (κ1) is 14.1. The Morgan fingerprint density at radius 3 is 2.47 bits per heavy atom. The van der Waals surface area contributed by atoms with E-state index in [1.165, 1.54) is 12.1 Å². The number of rotatable bonds is 4. The van der Waals surface area contributed by atoms with Gasteiger partial charge in [0.05, 0.1) is 21.8 Å². The van der Waals surface area contributed by atoms with E-state index in [0.717, 1.165) is 0 Å². The number of carbonyl (C=O) groups is 1. The zero-order valence-corrected chi connectivity index (χ0v) is 11.1. The van der Waals surface area contributed by atoms with Crippen molar-refractivity contribution in [2.45, 2.75) is 13.0 Å². The first-order chi connectivity index (χ1) is 7.95. The molecule has 4 nitrogen and oxygen atoms in total. The topological polar surface area (TPSA) is 64.3 Å². The van der Waals surface area contributed by atoms with Gasteiger partial charge in [-0.3, -0.25) is 4.79 Å². The third-order valence-electron chi connectivity index (χ3n) is 2.29. The molecule has 17 heavy (non-hydrogen) atoms. The van der Waals surface area contributed by atoms with Crippen LogP contribution in [0.3, 0.4) is 0 Å². The van der Waals surface area contributed by atoms with Crippen LogP contribution >= 0.6 is 23.2 Å². The maximum Gasteiger partial charge on any atom is 0.251 e. The van der Waals surface area contributed by atoms with E-state index in [0.29, 0.717) is 12.1 Å². The first-order valence-electron chi connectivity index (χ1n) is 5.01. The van der Waals surface area contributed by atoms with E-state index in [9.17, 15) is 4.79 Å². The molecule has 1 unspecified atom stereocenters. The summed E-state index contributed by atoms with van der Waals surface area (Å²) in [5, 5.41) is 3.23. The van der Waals surface area contributed by atoms with Crippen LogP contribution in [0.2, 0.25) is 10.0 Å². The number of methoxy groups -OCH3 is 1. The maximum absolute atomic E-state index is 11.8. The molecular weight excluding hydrogens is 263 g/mol. The number of halogens is 2. The minimum absolute atomic E-state index is 0.0568. The Bertz CT molecular complexity index is 401. The number of benzene rings is 1. The molecule has 0 aliphatic carbocycles. The number of amides is 1. The van der Waals surface area contributed by atoms with Gasteiger partial charge in [-0.1, -0.05) is 23.2 Å². The molecule has 3 N–H and O–H groups in total. The molecule has 0 bridgehead atoms. The van der Waals surface area contributed by atoms with Gasteiger partial charge in [-0.15, -0.1) is 0 Å². The molecule has 0 saturated carbocycles. The maximum atomic E-state index is 11.8. The summed E-state index contributed by atoms with van der Waals surface area (Å²) in [5.74, 6) is -0.266. The molecule has 1 amide bonds. The molecule has 1 rings (SSSR count). The molecule has 0 aliphatic rings. The lowest BCUT2D eigenvalue weighted by Crippen LogP contribution is -2.31. The van der Waals surface area contributed by atoms with E-state index in [1.54, 1.807) is 7.11 Å². The predicted octanol–water partition coefficient (Wildman–Crippen LogP) is 2.34. The van der Waals surface area contributed by atoms with Crippen LogP contribution in [-0.2, 0) is 4.74 Å². The number of nitrogens with two attached hydrogens (primary N) is 1. The van der Waals surface area contributed by atoms with Gasteiger partial charge in [0.1, 0.15) is 0 Å². The lowest BCUT2D eigenvalue weighted by Gasteiger charge is -2.11. The molecule has 6 heteroatoms. The second-order valence-electron chi connectivity index (χ2n) is 3.61. The molecule has 0 spiro atoms. The largest absolute Gasteiger partial charge is 0.396 e. The molecule has 0 radical (unpaired) electrons. The van der Waals surface area contributed by atoms with E-state index in [1.807, 2.05) is 6.92 Å². The van der Waals surface area contributed by atoms with Crippen LogP contribution in [0, 0.1) is 0 Å². The first-order valence-corrected chi connectivity index (χ1v) is 5.76. The normalized spacial score (nSPS) is 12.2. The van der Waals surface area contributed by atoms with Crippen molar-refractivity contribution >= 4 is 34.8 Å². The summed E-state index contributed by atoms with van der Waals surface area (Å²) < 4.78 is 5.02. The zero-order valence-electron chi connectivity index (χ0n) is 9.59. The number of nitrogen functional groups attached to an aromatic ring is 1. The van der Waals surface area contributed by atoms with Crippen LogP contribution in [-0.4, -0.2) is 25.7 Å². The number of ether oxygens (including phenoxy) is 1. The summed E-state index contributed by atoms with van der Waals surface area (Å²) in [6, 6.07) is 2.96. The second kappa shape index (κ2) is 6.10. The number of nitrogens with one attached hydrogen (secondary N) is 1. The van der Waals surface area contributed by atoms with Gasteiger partial charge in [0.25, 0.3) is 5.91 Å². The van der Waals surface area contributed by atoms with Crippen molar-refractivity contribution in [2.75, 3.05) is 19.4 Å². The molecular formula is C11H14Cl2N2O2. The highest BCUT2D eigenvalue weighted by Gasteiger charge is 2.11. The fourth-order valence-corrected chi connectivity index (χ4v) is 1.62. The van der Waals surface area contributed by atoms with E-state index in [-0.39, 0.29) is 27.7 Å². The summed E-state index contributed by atoms with van der Waals surface area (Å²) in [6.07, 6.45) is -0.0568. The molecule has 1 aromatic carbocycles. The van der Waals surface area contributed by atoms with Crippen molar-refractivity contribution in [3.63, 3.8) is 0 Å². The van der Waals surface area contributed by atoms with Crippen LogP contribution in [0.15, 0.2) is 12.1 Å². The fraction of sp³-hybridized carbons (Fsp3) is 0.364. The molecule has 1 atom stereocenters. The minimum Gasteiger partial charge on any atom is -0.396 e. The van der Waals surface area contributed by atoms with Crippen LogP contribution in [0.4, 0.5) is 5.69 Å². The van der Waals surface area contributed by atoms with Gasteiger partial charge in [-0.2, -0.15) is 0 Å². The zero-order chi connectivity index (χ0) is 13.0. The van der Waals surface area contributed by atoms with Gasteiger partial charge < -0.3 is 15.8 Å². The Morgan fingerprint density at radius 1 is 1.47 bits per heavy atom. The Morgan fingerprint density at radius 2 is 2.00 bits per heavy atom. The summed E-state index contributed by atoms with van der Waals surface area (Å²) in [5.41, 5.74) is 6.22. The van der Waals surface area contributed by atoms with Crippen molar-refractivity contribution in [1.82, 2.24) is 5.32 Å². The van der Waals surface area contributed by atoms with Crippen LogP contribution < -0.4 is 11.1 Å². The molecule has 0 aliphatic heterocycles. The molecule has 0 aromatic heterocycles. The summed E-state index contributed by atoms with van der Waals surface area (Å²) in [7, 11) is 1.58. The van der Waals surface area contributed by atoms with Crippen molar-refractivity contribution in [1.29, 1.82) is 0 Å². The highest BCUT2D eigenvalue weighted by atomic mass is 35.5. The third kappa shape index (κ3) is 3.77. The van der Waals surface area contributed by atoms with Gasteiger partial charge in [0, 0.05) is 19.2 Å². The van der Waals surface area contributed by atoms with Gasteiger partial charge in [0.2, 0.25) is 0 Å². The van der Waals surface area contributed by atoms with E-state index < -0.39 is 0 Å². The Kier molecular flexibility index (Phi) is 5.05. The number of carbonyl (C=O) groups excluding carboxylic acids is 1. The minimum atomic E-state index is -0.266. The predicted molar refractivity (Wildman–Crippen MR) is 69.7 cm³/mol. The third-order valence-corrected chi connectivity index (χ3v) is 2.92. The lowest BCUT2D eigenvalue weighted by atomic mass is 10.2. The van der Waals surface area contributed by atoms with Crippen LogP contribution in [0.1, 0.15) is 17.3 Å². The molecule has 94 valence electrons. The van der Waals surface area contributed by atoms with Crippen molar-refractivity contribution < 1.29 is 9.53 Å². The van der Waals surface area contributed by atoms with Crippen molar-refractivity contribution in [2.24, 2.45) is 0 Å². The van der Waals surface area contributed by atoms with Crippen molar-refractivity contribution in [3.05, 3.63) is 27.7 Å². The van der Waals surface area contributed by atoms with E-state index in [2.05, 4.69) is 5.32 Å². The monoisotopic (exact) mass is 276 g/mol. The molecule has 1 aromatic rings. The highest BCUT2D eigenvalue weighted by Crippen LogP contribution is 2.28. The van der Waals surface area contributed by atoms with Gasteiger partial charge in [-0.05, 0) is 19.1 Å². The van der Waals surface area contributed by atoms with Crippen LogP contribution in [0.5, 0.6) is 0 Å². The van der Waals surface area contributed by atoms with Gasteiger partial charge in [0.15, 0.2) is 0 Å². The van der Waals surface area contributed by atoms with Gasteiger partial charge >= 0.3 is 0 Å². The summed E-state index contributed by atoms with van der Waals surface area (Å²) in [4.78, 5) is 11.8. The summed E-state index contributed by atoms with van der Waals surface area (Å²) in [6.45, 7) is 2.26. The Balaban J connectivity index is 2.76. The molecule has 0 saturated heterocycles. The average molecular weight is 277 g/mol. The van der Waals surface area contributed by atoms with Crippen LogP contribution in [0.25, 0.3) is 0 Å². The standard InChI is InChI=1S/C11H14Cl2N2O2/c1-6(17-2)5-15-11(16)7-3-8(12)10(14)9(13)4-7/h3-4,6H,5,14H2,1-2H3,(H,15,16). The highest BCUT2D eigenvalue weighted by molar-refractivity contribution is 6.39. The van der Waals surface area contributed by atoms with E-state index >= 15 is 0 Å². The average Bonchev–Trinajstić information content (AvgIpc) is 2.31. The Hall–Kier alpha value is -0.970.